The lowest BCUT2D eigenvalue weighted by atomic mass is 10.0. The van der Waals surface area contributed by atoms with E-state index < -0.39 is 0 Å². The minimum atomic E-state index is -0.183. The Kier molecular flexibility index (Phi) is 3.58. The number of benzene rings is 3. The molecule has 0 saturated carbocycles. The van der Waals surface area contributed by atoms with Crippen LogP contribution < -0.4 is 5.56 Å². The van der Waals surface area contributed by atoms with Gasteiger partial charge in [-0.2, -0.15) is 9.78 Å². The minimum absolute atomic E-state index is 0.149. The van der Waals surface area contributed by atoms with E-state index in [1.54, 1.807) is 12.1 Å². The first-order chi connectivity index (χ1) is 12.1. The molecule has 3 aromatic carbocycles. The number of rotatable bonds is 2. The van der Waals surface area contributed by atoms with E-state index >= 15 is 0 Å². The zero-order valence-corrected chi connectivity index (χ0v) is 13.7. The molecule has 0 saturated heterocycles. The third-order valence-electron chi connectivity index (χ3n) is 4.21. The highest BCUT2D eigenvalue weighted by Crippen LogP contribution is 2.32. The highest BCUT2D eigenvalue weighted by Gasteiger charge is 2.15. The largest absolute Gasteiger partial charge is 0.507 e. The van der Waals surface area contributed by atoms with Crippen LogP contribution in [0.4, 0.5) is 0 Å². The van der Waals surface area contributed by atoms with Gasteiger partial charge in [0.2, 0.25) is 0 Å². The van der Waals surface area contributed by atoms with E-state index in [9.17, 15) is 9.90 Å². The van der Waals surface area contributed by atoms with Crippen molar-refractivity contribution in [3.8, 4) is 22.7 Å². The van der Waals surface area contributed by atoms with Crippen molar-refractivity contribution in [2.75, 3.05) is 0 Å². The summed E-state index contributed by atoms with van der Waals surface area (Å²) in [4.78, 5) is 12.9. The quantitative estimate of drug-likeness (QED) is 0.603. The highest BCUT2D eigenvalue weighted by atomic mass is 16.3. The third kappa shape index (κ3) is 2.58. The molecule has 0 aliphatic carbocycles. The van der Waals surface area contributed by atoms with Gasteiger partial charge in [0.25, 0.3) is 5.56 Å². The Morgan fingerprint density at radius 1 is 0.880 bits per heavy atom. The summed E-state index contributed by atoms with van der Waals surface area (Å²) in [5.41, 5.74) is 2.65. The number of para-hydroxylation sites is 1. The average Bonchev–Trinajstić information content (AvgIpc) is 2.64. The topological polar surface area (TPSA) is 55.1 Å². The summed E-state index contributed by atoms with van der Waals surface area (Å²) in [5, 5.41) is 16.3. The maximum Gasteiger partial charge on any atom is 0.279 e. The fourth-order valence-corrected chi connectivity index (χ4v) is 2.97. The van der Waals surface area contributed by atoms with Gasteiger partial charge >= 0.3 is 0 Å². The van der Waals surface area contributed by atoms with Crippen LogP contribution in [0, 0.1) is 6.92 Å². The van der Waals surface area contributed by atoms with E-state index in [1.165, 1.54) is 4.68 Å². The molecule has 4 nitrogen and oxygen atoms in total. The smallest absolute Gasteiger partial charge is 0.279 e. The highest BCUT2D eigenvalue weighted by molar-refractivity contribution is 5.95. The van der Waals surface area contributed by atoms with Crippen molar-refractivity contribution >= 4 is 10.8 Å². The van der Waals surface area contributed by atoms with Crippen LogP contribution in [0.1, 0.15) is 5.56 Å². The van der Waals surface area contributed by atoms with Gasteiger partial charge in [0.15, 0.2) is 0 Å². The molecule has 0 spiro atoms. The Morgan fingerprint density at radius 2 is 1.56 bits per heavy atom. The first kappa shape index (κ1) is 15.1. The lowest BCUT2D eigenvalue weighted by Crippen LogP contribution is -2.22. The molecule has 122 valence electrons. The molecule has 4 aromatic rings. The second-order valence-electron chi connectivity index (χ2n) is 5.97. The predicted molar refractivity (Wildman–Crippen MR) is 99.2 cm³/mol. The normalized spacial score (nSPS) is 10.9. The lowest BCUT2D eigenvalue weighted by Gasteiger charge is -2.12. The van der Waals surface area contributed by atoms with Gasteiger partial charge in [0, 0.05) is 10.9 Å². The monoisotopic (exact) mass is 328 g/mol. The number of fused-ring (bicyclic) bond motifs is 1. The minimum Gasteiger partial charge on any atom is -0.507 e. The fraction of sp³-hybridized carbons (Fsp3) is 0.0476. The molecule has 4 heteroatoms. The predicted octanol–water partition coefficient (Wildman–Crippen LogP) is 4.07. The molecule has 0 aliphatic rings. The Hall–Kier alpha value is -3.40. The molecule has 1 N–H and O–H groups in total. The van der Waals surface area contributed by atoms with Crippen molar-refractivity contribution in [3.05, 3.63) is 88.7 Å². The first-order valence-electron chi connectivity index (χ1n) is 8.02. The van der Waals surface area contributed by atoms with Gasteiger partial charge in [-0.25, -0.2) is 0 Å². The van der Waals surface area contributed by atoms with Crippen LogP contribution in [0.3, 0.4) is 0 Å². The number of hydrogen-bond acceptors (Lipinski definition) is 3. The maximum atomic E-state index is 12.9. The zero-order chi connectivity index (χ0) is 17.4. The number of aryl methyl sites for hydroxylation is 1. The van der Waals surface area contributed by atoms with Crippen LogP contribution >= 0.6 is 0 Å². The summed E-state index contributed by atoms with van der Waals surface area (Å²) in [6, 6.07) is 22.1. The SMILES string of the molecule is Cc1ccc(-c2nn(-c3ccccc3)c(=O)c3ccccc23)c(O)c1. The van der Waals surface area contributed by atoms with Crippen LogP contribution in [-0.4, -0.2) is 14.9 Å². The molecule has 1 aromatic heterocycles. The second kappa shape index (κ2) is 5.91. The van der Waals surface area contributed by atoms with Gasteiger partial charge in [0.05, 0.1) is 11.1 Å². The standard InChI is InChI=1S/C21H16N2O2/c1-14-11-12-18(19(24)13-14)20-16-9-5-6-10-17(16)21(25)23(22-20)15-7-3-2-4-8-15/h2-13,24H,1H3. The van der Waals surface area contributed by atoms with Crippen molar-refractivity contribution < 1.29 is 5.11 Å². The molecule has 0 aliphatic heterocycles. The lowest BCUT2D eigenvalue weighted by molar-refractivity contribution is 0.476. The number of phenolic OH excluding ortho intramolecular Hbond substituents is 1. The van der Waals surface area contributed by atoms with Crippen LogP contribution in [-0.2, 0) is 0 Å². The van der Waals surface area contributed by atoms with Gasteiger partial charge in [-0.05, 0) is 42.8 Å². The maximum absolute atomic E-state index is 12.9. The molecular weight excluding hydrogens is 312 g/mol. The van der Waals surface area contributed by atoms with Crippen LogP contribution in [0.15, 0.2) is 77.6 Å². The molecule has 0 unspecified atom stereocenters. The van der Waals surface area contributed by atoms with Crippen molar-refractivity contribution in [3.63, 3.8) is 0 Å². The molecular formula is C21H16N2O2. The fourth-order valence-electron chi connectivity index (χ4n) is 2.97. The Bertz CT molecular complexity index is 1130. The van der Waals surface area contributed by atoms with Gasteiger partial charge in [-0.1, -0.05) is 42.5 Å². The van der Waals surface area contributed by atoms with Crippen LogP contribution in [0.25, 0.3) is 27.7 Å². The van der Waals surface area contributed by atoms with E-state index in [1.807, 2.05) is 67.6 Å². The number of nitrogens with zero attached hydrogens (tertiary/aromatic N) is 2. The van der Waals surface area contributed by atoms with Crippen molar-refractivity contribution in [2.45, 2.75) is 6.92 Å². The molecule has 0 bridgehead atoms. The number of aromatic nitrogens is 2. The van der Waals surface area contributed by atoms with E-state index in [0.717, 1.165) is 10.9 Å². The summed E-state index contributed by atoms with van der Waals surface area (Å²) in [6.07, 6.45) is 0. The van der Waals surface area contributed by atoms with E-state index in [4.69, 9.17) is 0 Å². The van der Waals surface area contributed by atoms with Gasteiger partial charge < -0.3 is 5.11 Å². The Morgan fingerprint density at radius 3 is 2.28 bits per heavy atom. The van der Waals surface area contributed by atoms with Gasteiger partial charge in [-0.3, -0.25) is 4.79 Å². The summed E-state index contributed by atoms with van der Waals surface area (Å²) < 4.78 is 1.39. The summed E-state index contributed by atoms with van der Waals surface area (Å²) >= 11 is 0. The number of hydrogen-bond donors (Lipinski definition) is 1. The summed E-state index contributed by atoms with van der Waals surface area (Å²) in [6.45, 7) is 1.92. The molecule has 0 radical (unpaired) electrons. The molecule has 1 heterocycles. The second-order valence-corrected chi connectivity index (χ2v) is 5.97. The van der Waals surface area contributed by atoms with Crippen molar-refractivity contribution in [1.29, 1.82) is 0 Å². The Balaban J connectivity index is 2.10. The Labute approximate surface area is 144 Å². The van der Waals surface area contributed by atoms with E-state index in [2.05, 4.69) is 5.10 Å². The van der Waals surface area contributed by atoms with Crippen LogP contribution in [0.5, 0.6) is 5.75 Å². The summed E-state index contributed by atoms with van der Waals surface area (Å²) in [5.74, 6) is 0.149. The molecule has 0 fully saturated rings. The average molecular weight is 328 g/mol. The number of phenols is 1. The van der Waals surface area contributed by atoms with Crippen LogP contribution in [0.2, 0.25) is 0 Å². The zero-order valence-electron chi connectivity index (χ0n) is 13.7. The summed E-state index contributed by atoms with van der Waals surface area (Å²) in [7, 11) is 0. The van der Waals surface area contributed by atoms with Gasteiger partial charge in [-0.15, -0.1) is 0 Å². The molecule has 0 amide bonds. The molecule has 25 heavy (non-hydrogen) atoms. The molecule has 4 rings (SSSR count). The molecule has 0 atom stereocenters. The van der Waals surface area contributed by atoms with E-state index in [0.29, 0.717) is 22.3 Å². The van der Waals surface area contributed by atoms with Gasteiger partial charge in [0.1, 0.15) is 11.4 Å². The number of aromatic hydroxyl groups is 1. The first-order valence-corrected chi connectivity index (χ1v) is 8.02. The van der Waals surface area contributed by atoms with Crippen molar-refractivity contribution in [1.82, 2.24) is 9.78 Å². The third-order valence-corrected chi connectivity index (χ3v) is 4.21. The van der Waals surface area contributed by atoms with E-state index in [-0.39, 0.29) is 11.3 Å². The van der Waals surface area contributed by atoms with Crippen molar-refractivity contribution in [2.24, 2.45) is 0 Å².